The molecule has 2 aromatic rings. The average molecular weight is 277 g/mol. The van der Waals surface area contributed by atoms with E-state index in [9.17, 15) is 8.42 Å². The molecule has 0 radical (unpaired) electrons. The summed E-state index contributed by atoms with van der Waals surface area (Å²) in [6.07, 6.45) is 3.11. The molecule has 5 nitrogen and oxygen atoms in total. The highest BCUT2D eigenvalue weighted by atomic mass is 32.2. The lowest BCUT2D eigenvalue weighted by molar-refractivity contribution is 0.595. The molecular formula is C13H15N3O2S. The third kappa shape index (κ3) is 1.92. The van der Waals surface area contributed by atoms with E-state index in [4.69, 9.17) is 5.73 Å². The van der Waals surface area contributed by atoms with Gasteiger partial charge in [-0.05, 0) is 18.9 Å². The van der Waals surface area contributed by atoms with Crippen molar-refractivity contribution >= 4 is 15.7 Å². The van der Waals surface area contributed by atoms with Gasteiger partial charge in [-0.25, -0.2) is 8.42 Å². The highest BCUT2D eigenvalue weighted by molar-refractivity contribution is 7.92. The topological polar surface area (TPSA) is 78.0 Å². The van der Waals surface area contributed by atoms with Crippen molar-refractivity contribution in [2.24, 2.45) is 7.05 Å². The average Bonchev–Trinajstić information content (AvgIpc) is 3.19. The van der Waals surface area contributed by atoms with Gasteiger partial charge in [0.15, 0.2) is 9.84 Å². The predicted molar refractivity (Wildman–Crippen MR) is 73.3 cm³/mol. The van der Waals surface area contributed by atoms with Gasteiger partial charge in [-0.3, -0.25) is 4.68 Å². The second-order valence-electron chi connectivity index (χ2n) is 4.81. The smallest absolute Gasteiger partial charge is 0.181 e. The zero-order chi connectivity index (χ0) is 13.6. The van der Waals surface area contributed by atoms with E-state index in [0.29, 0.717) is 21.8 Å². The van der Waals surface area contributed by atoms with E-state index in [0.717, 1.165) is 12.8 Å². The second-order valence-corrected chi connectivity index (χ2v) is 7.00. The van der Waals surface area contributed by atoms with E-state index in [1.165, 1.54) is 4.68 Å². The molecule has 0 bridgehead atoms. The molecule has 0 unspecified atom stereocenters. The standard InChI is InChI=1S/C13H15N3O2S/c1-16-13(14)11(8-15-16)10-4-2-3-5-12(10)19(17,18)9-6-7-9/h2-5,8-9H,6-7,14H2,1H3. The maximum Gasteiger partial charge on any atom is 0.181 e. The maximum absolute atomic E-state index is 12.4. The fourth-order valence-corrected chi connectivity index (χ4v) is 4.02. The molecule has 6 heteroatoms. The number of aryl methyl sites for hydroxylation is 1. The number of nitrogens with zero attached hydrogens (tertiary/aromatic N) is 2. The molecule has 1 heterocycles. The Hall–Kier alpha value is -1.82. The van der Waals surface area contributed by atoms with Gasteiger partial charge in [0.2, 0.25) is 0 Å². The van der Waals surface area contributed by atoms with Crippen LogP contribution in [-0.2, 0) is 16.9 Å². The maximum atomic E-state index is 12.4. The van der Waals surface area contributed by atoms with Crippen molar-refractivity contribution in [3.63, 3.8) is 0 Å². The Morgan fingerprint density at radius 2 is 1.95 bits per heavy atom. The summed E-state index contributed by atoms with van der Waals surface area (Å²) in [7, 11) is -1.51. The summed E-state index contributed by atoms with van der Waals surface area (Å²) in [4.78, 5) is 0.359. The summed E-state index contributed by atoms with van der Waals surface area (Å²) in [5.74, 6) is 0.471. The van der Waals surface area contributed by atoms with Gasteiger partial charge < -0.3 is 5.73 Å². The van der Waals surface area contributed by atoms with Crippen LogP contribution in [0.25, 0.3) is 11.1 Å². The van der Waals surface area contributed by atoms with E-state index in [-0.39, 0.29) is 5.25 Å². The van der Waals surface area contributed by atoms with Crippen LogP contribution in [0.4, 0.5) is 5.82 Å². The lowest BCUT2D eigenvalue weighted by Crippen LogP contribution is -2.09. The Bertz CT molecular complexity index is 730. The number of hydrogen-bond acceptors (Lipinski definition) is 4. The van der Waals surface area contributed by atoms with E-state index in [2.05, 4.69) is 5.10 Å². The number of benzene rings is 1. The van der Waals surface area contributed by atoms with Crippen molar-refractivity contribution in [3.05, 3.63) is 30.5 Å². The Balaban J connectivity index is 2.20. The number of hydrogen-bond donors (Lipinski definition) is 1. The largest absolute Gasteiger partial charge is 0.383 e. The van der Waals surface area contributed by atoms with Gasteiger partial charge >= 0.3 is 0 Å². The monoisotopic (exact) mass is 277 g/mol. The molecule has 19 heavy (non-hydrogen) atoms. The first-order valence-corrected chi connectivity index (χ1v) is 7.67. The van der Waals surface area contributed by atoms with Gasteiger partial charge in [-0.2, -0.15) is 5.10 Å². The molecule has 0 aliphatic heterocycles. The van der Waals surface area contributed by atoms with Crippen molar-refractivity contribution in [1.29, 1.82) is 0 Å². The van der Waals surface area contributed by atoms with Crippen molar-refractivity contribution < 1.29 is 8.42 Å². The predicted octanol–water partition coefficient (Wildman–Crippen LogP) is 1.61. The number of nitrogen functional groups attached to an aromatic ring is 1. The Morgan fingerprint density at radius 1 is 1.26 bits per heavy atom. The molecular weight excluding hydrogens is 262 g/mol. The number of anilines is 1. The highest BCUT2D eigenvalue weighted by Gasteiger charge is 2.38. The molecule has 3 rings (SSSR count). The van der Waals surface area contributed by atoms with Crippen LogP contribution in [0.5, 0.6) is 0 Å². The minimum Gasteiger partial charge on any atom is -0.383 e. The van der Waals surface area contributed by atoms with Crippen LogP contribution in [0.15, 0.2) is 35.4 Å². The summed E-state index contributed by atoms with van der Waals surface area (Å²) in [5, 5.41) is 3.84. The van der Waals surface area contributed by atoms with Gasteiger partial charge in [0.05, 0.1) is 16.3 Å². The van der Waals surface area contributed by atoms with E-state index >= 15 is 0 Å². The van der Waals surface area contributed by atoms with Gasteiger partial charge in [0.25, 0.3) is 0 Å². The van der Waals surface area contributed by atoms with Gasteiger partial charge in [-0.15, -0.1) is 0 Å². The molecule has 1 saturated carbocycles. The fourth-order valence-electron chi connectivity index (χ4n) is 2.15. The van der Waals surface area contributed by atoms with E-state index in [1.54, 1.807) is 31.4 Å². The highest BCUT2D eigenvalue weighted by Crippen LogP contribution is 2.38. The summed E-state index contributed by atoms with van der Waals surface area (Å²) in [5.41, 5.74) is 7.25. The molecule has 0 spiro atoms. The SMILES string of the molecule is Cn1ncc(-c2ccccc2S(=O)(=O)C2CC2)c1N. The summed E-state index contributed by atoms with van der Waals surface area (Å²) in [6, 6.07) is 6.98. The van der Waals surface area contributed by atoms with Crippen molar-refractivity contribution in [2.75, 3.05) is 5.73 Å². The van der Waals surface area contributed by atoms with E-state index < -0.39 is 9.84 Å². The normalized spacial score (nSPS) is 15.6. The van der Waals surface area contributed by atoms with Crippen LogP contribution in [0.3, 0.4) is 0 Å². The third-order valence-corrected chi connectivity index (χ3v) is 5.75. The van der Waals surface area contributed by atoms with Crippen LogP contribution in [0.1, 0.15) is 12.8 Å². The van der Waals surface area contributed by atoms with Crippen molar-refractivity contribution in [2.45, 2.75) is 23.0 Å². The molecule has 1 aliphatic rings. The Kier molecular flexibility index (Phi) is 2.63. The second kappa shape index (κ2) is 4.09. The number of nitrogens with two attached hydrogens (primary N) is 1. The van der Waals surface area contributed by atoms with Crippen LogP contribution >= 0.6 is 0 Å². The number of rotatable bonds is 3. The van der Waals surface area contributed by atoms with Crippen LogP contribution in [0, 0.1) is 0 Å². The first-order chi connectivity index (χ1) is 9.01. The quantitative estimate of drug-likeness (QED) is 0.924. The van der Waals surface area contributed by atoms with Crippen molar-refractivity contribution in [1.82, 2.24) is 9.78 Å². The summed E-state index contributed by atoms with van der Waals surface area (Å²) in [6.45, 7) is 0. The Labute approximate surface area is 112 Å². The zero-order valence-electron chi connectivity index (χ0n) is 10.6. The van der Waals surface area contributed by atoms with Crippen molar-refractivity contribution in [3.8, 4) is 11.1 Å². The molecule has 1 aliphatic carbocycles. The van der Waals surface area contributed by atoms with Gasteiger partial charge in [0.1, 0.15) is 5.82 Å². The molecule has 0 atom stereocenters. The molecule has 0 saturated heterocycles. The minimum absolute atomic E-state index is 0.230. The zero-order valence-corrected chi connectivity index (χ0v) is 11.4. The van der Waals surface area contributed by atoms with Gasteiger partial charge in [-0.1, -0.05) is 18.2 Å². The summed E-state index contributed by atoms with van der Waals surface area (Å²) >= 11 is 0. The molecule has 1 aromatic carbocycles. The Morgan fingerprint density at radius 3 is 2.53 bits per heavy atom. The first-order valence-electron chi connectivity index (χ1n) is 6.12. The molecule has 2 N–H and O–H groups in total. The molecule has 0 amide bonds. The fraction of sp³-hybridized carbons (Fsp3) is 0.308. The van der Waals surface area contributed by atoms with Crippen LogP contribution < -0.4 is 5.73 Å². The lowest BCUT2D eigenvalue weighted by Gasteiger charge is -2.09. The number of sulfone groups is 1. The number of aromatic nitrogens is 2. The van der Waals surface area contributed by atoms with Crippen LogP contribution in [-0.4, -0.2) is 23.4 Å². The third-order valence-electron chi connectivity index (χ3n) is 3.43. The molecule has 1 fully saturated rings. The lowest BCUT2D eigenvalue weighted by atomic mass is 10.1. The van der Waals surface area contributed by atoms with Crippen LogP contribution in [0.2, 0.25) is 0 Å². The molecule has 100 valence electrons. The van der Waals surface area contributed by atoms with Gasteiger partial charge in [0, 0.05) is 18.2 Å². The minimum atomic E-state index is -3.24. The molecule has 1 aromatic heterocycles. The first kappa shape index (κ1) is 12.2. The summed E-state index contributed by atoms with van der Waals surface area (Å²) < 4.78 is 26.4. The van der Waals surface area contributed by atoms with E-state index in [1.807, 2.05) is 6.07 Å².